The zero-order chi connectivity index (χ0) is 13.3. The molecule has 1 aliphatic rings. The molecule has 2 unspecified atom stereocenters. The van der Waals surface area contributed by atoms with Crippen LogP contribution in [-0.4, -0.2) is 17.0 Å². The van der Waals surface area contributed by atoms with Gasteiger partial charge in [-0.05, 0) is 51.1 Å². The van der Waals surface area contributed by atoms with Crippen molar-refractivity contribution in [2.75, 3.05) is 6.54 Å². The van der Waals surface area contributed by atoms with Crippen LogP contribution in [0.15, 0.2) is 24.3 Å². The van der Waals surface area contributed by atoms with Gasteiger partial charge in [-0.3, -0.25) is 10.1 Å². The maximum absolute atomic E-state index is 10.7. The average molecular weight is 248 g/mol. The predicted molar refractivity (Wildman–Crippen MR) is 71.7 cm³/mol. The zero-order valence-electron chi connectivity index (χ0n) is 11.1. The van der Waals surface area contributed by atoms with Crippen LogP contribution in [0.1, 0.15) is 38.7 Å². The van der Waals surface area contributed by atoms with Crippen molar-refractivity contribution in [3.8, 4) is 0 Å². The van der Waals surface area contributed by atoms with E-state index < -0.39 is 0 Å². The molecule has 2 atom stereocenters. The van der Waals surface area contributed by atoms with Gasteiger partial charge in [-0.25, -0.2) is 0 Å². The highest BCUT2D eigenvalue weighted by Crippen LogP contribution is 2.47. The van der Waals surface area contributed by atoms with E-state index in [1.54, 1.807) is 18.2 Å². The molecule has 0 heterocycles. The molecule has 0 spiro atoms. The molecule has 0 radical (unpaired) electrons. The van der Waals surface area contributed by atoms with E-state index in [1.165, 1.54) is 0 Å². The van der Waals surface area contributed by atoms with Crippen LogP contribution in [0.4, 0.5) is 5.69 Å². The minimum absolute atomic E-state index is 0.135. The van der Waals surface area contributed by atoms with E-state index >= 15 is 0 Å². The number of nitro groups is 1. The van der Waals surface area contributed by atoms with Crippen molar-refractivity contribution < 1.29 is 4.92 Å². The van der Waals surface area contributed by atoms with Crippen LogP contribution in [0, 0.1) is 16.0 Å². The number of benzene rings is 1. The average Bonchev–Trinajstić information content (AvgIpc) is 3.05. The molecule has 1 aromatic rings. The second kappa shape index (κ2) is 4.69. The van der Waals surface area contributed by atoms with Crippen LogP contribution < -0.4 is 5.32 Å². The summed E-state index contributed by atoms with van der Waals surface area (Å²) >= 11 is 0. The molecule has 1 N–H and O–H groups in total. The van der Waals surface area contributed by atoms with Gasteiger partial charge in [0.25, 0.3) is 5.69 Å². The molecule has 2 rings (SSSR count). The molecule has 98 valence electrons. The van der Waals surface area contributed by atoms with Crippen molar-refractivity contribution in [3.63, 3.8) is 0 Å². The predicted octanol–water partition coefficient (Wildman–Crippen LogP) is 3.09. The van der Waals surface area contributed by atoms with Crippen molar-refractivity contribution in [1.82, 2.24) is 5.32 Å². The van der Waals surface area contributed by atoms with Crippen LogP contribution >= 0.6 is 0 Å². The third-order valence-corrected chi connectivity index (χ3v) is 3.33. The minimum Gasteiger partial charge on any atom is -0.312 e. The molecule has 0 saturated heterocycles. The maximum Gasteiger partial charge on any atom is 0.269 e. The number of nitrogens with one attached hydrogen (secondary N) is 1. The van der Waals surface area contributed by atoms with Gasteiger partial charge in [-0.2, -0.15) is 0 Å². The number of hydrogen-bond donors (Lipinski definition) is 1. The first-order valence-corrected chi connectivity index (χ1v) is 6.36. The molecule has 1 fully saturated rings. The van der Waals surface area contributed by atoms with Gasteiger partial charge >= 0.3 is 0 Å². The molecular weight excluding hydrogens is 228 g/mol. The van der Waals surface area contributed by atoms with Gasteiger partial charge < -0.3 is 5.32 Å². The van der Waals surface area contributed by atoms with Crippen molar-refractivity contribution in [3.05, 3.63) is 39.9 Å². The van der Waals surface area contributed by atoms with Gasteiger partial charge in [0.1, 0.15) is 0 Å². The van der Waals surface area contributed by atoms with Crippen molar-refractivity contribution >= 4 is 5.69 Å². The summed E-state index contributed by atoms with van der Waals surface area (Å²) in [7, 11) is 0. The third-order valence-electron chi connectivity index (χ3n) is 3.33. The summed E-state index contributed by atoms with van der Waals surface area (Å²) in [6.45, 7) is 7.43. The fourth-order valence-corrected chi connectivity index (χ4v) is 2.19. The van der Waals surface area contributed by atoms with Gasteiger partial charge in [0, 0.05) is 17.7 Å². The Morgan fingerprint density at radius 2 is 2.17 bits per heavy atom. The molecular formula is C14H20N2O2. The highest BCUT2D eigenvalue weighted by Gasteiger charge is 2.38. The van der Waals surface area contributed by atoms with Crippen LogP contribution in [0.3, 0.4) is 0 Å². The monoisotopic (exact) mass is 248 g/mol. The van der Waals surface area contributed by atoms with Crippen LogP contribution in [0.2, 0.25) is 0 Å². The lowest BCUT2D eigenvalue weighted by Gasteiger charge is -2.20. The normalized spacial score (nSPS) is 22.8. The summed E-state index contributed by atoms with van der Waals surface area (Å²) in [5.41, 5.74) is 1.43. The van der Waals surface area contributed by atoms with E-state index in [9.17, 15) is 10.1 Å². The fraction of sp³-hybridized carbons (Fsp3) is 0.571. The number of hydrogen-bond acceptors (Lipinski definition) is 3. The molecule has 0 aromatic heterocycles. The zero-order valence-corrected chi connectivity index (χ0v) is 11.1. The molecule has 1 saturated carbocycles. The Hall–Kier alpha value is -1.42. The summed E-state index contributed by atoms with van der Waals surface area (Å²) in [4.78, 5) is 10.4. The SMILES string of the molecule is CC(C)(C)NCC1CC1c1cccc([N+](=O)[O-])c1. The summed E-state index contributed by atoms with van der Waals surface area (Å²) in [5.74, 6) is 1.10. The first-order valence-electron chi connectivity index (χ1n) is 6.36. The minimum atomic E-state index is -0.325. The molecule has 1 aromatic carbocycles. The molecule has 4 heteroatoms. The van der Waals surface area contributed by atoms with E-state index in [2.05, 4.69) is 26.1 Å². The first kappa shape index (κ1) is 13.0. The van der Waals surface area contributed by atoms with Crippen molar-refractivity contribution in [2.24, 2.45) is 5.92 Å². The Balaban J connectivity index is 1.95. The largest absolute Gasteiger partial charge is 0.312 e. The molecule has 0 aliphatic heterocycles. The van der Waals surface area contributed by atoms with Crippen molar-refractivity contribution in [1.29, 1.82) is 0 Å². The van der Waals surface area contributed by atoms with Gasteiger partial charge in [-0.15, -0.1) is 0 Å². The van der Waals surface area contributed by atoms with E-state index in [4.69, 9.17) is 0 Å². The Morgan fingerprint density at radius 1 is 1.44 bits per heavy atom. The highest BCUT2D eigenvalue weighted by molar-refractivity contribution is 5.38. The standard InChI is InChI=1S/C14H20N2O2/c1-14(2,3)15-9-11-8-13(11)10-5-4-6-12(7-10)16(17)18/h4-7,11,13,15H,8-9H2,1-3H3. The van der Waals surface area contributed by atoms with Crippen molar-refractivity contribution in [2.45, 2.75) is 38.6 Å². The van der Waals surface area contributed by atoms with Gasteiger partial charge in [-0.1, -0.05) is 12.1 Å². The lowest BCUT2D eigenvalue weighted by Crippen LogP contribution is -2.37. The van der Waals surface area contributed by atoms with Crippen LogP contribution in [0.25, 0.3) is 0 Å². The number of non-ortho nitro benzene ring substituents is 1. The molecule has 0 bridgehead atoms. The second-order valence-electron chi connectivity index (χ2n) is 6.09. The number of nitro benzene ring substituents is 1. The molecule has 4 nitrogen and oxygen atoms in total. The lowest BCUT2D eigenvalue weighted by atomic mass is 10.1. The summed E-state index contributed by atoms with van der Waals surface area (Å²) in [6, 6.07) is 7.03. The van der Waals surface area contributed by atoms with Gasteiger partial charge in [0.2, 0.25) is 0 Å². The smallest absolute Gasteiger partial charge is 0.269 e. The van der Waals surface area contributed by atoms with Crippen LogP contribution in [-0.2, 0) is 0 Å². The molecule has 1 aliphatic carbocycles. The summed E-state index contributed by atoms with van der Waals surface area (Å²) < 4.78 is 0. The van der Waals surface area contributed by atoms with Gasteiger partial charge in [0.05, 0.1) is 4.92 Å². The highest BCUT2D eigenvalue weighted by atomic mass is 16.6. The molecule has 0 amide bonds. The Labute approximate surface area is 108 Å². The van der Waals surface area contributed by atoms with Crippen LogP contribution in [0.5, 0.6) is 0 Å². The summed E-state index contributed by atoms with van der Waals surface area (Å²) in [5, 5.41) is 14.2. The summed E-state index contributed by atoms with van der Waals surface area (Å²) in [6.07, 6.45) is 1.13. The van der Waals surface area contributed by atoms with E-state index in [0.717, 1.165) is 18.5 Å². The quantitative estimate of drug-likeness (QED) is 0.658. The Bertz CT molecular complexity index is 451. The maximum atomic E-state index is 10.7. The number of rotatable bonds is 4. The Kier molecular flexibility index (Phi) is 3.39. The van der Waals surface area contributed by atoms with E-state index in [-0.39, 0.29) is 16.1 Å². The lowest BCUT2D eigenvalue weighted by molar-refractivity contribution is -0.384. The Morgan fingerprint density at radius 3 is 2.78 bits per heavy atom. The fourth-order valence-electron chi connectivity index (χ4n) is 2.19. The first-order chi connectivity index (χ1) is 8.37. The van der Waals surface area contributed by atoms with E-state index in [1.807, 2.05) is 6.07 Å². The van der Waals surface area contributed by atoms with E-state index in [0.29, 0.717) is 11.8 Å². The third kappa shape index (κ3) is 3.29. The number of nitrogens with zero attached hydrogens (tertiary/aromatic N) is 1. The second-order valence-corrected chi connectivity index (χ2v) is 6.09. The topological polar surface area (TPSA) is 55.2 Å². The molecule has 18 heavy (non-hydrogen) atoms. The van der Waals surface area contributed by atoms with Gasteiger partial charge in [0.15, 0.2) is 0 Å².